The Labute approximate surface area is 109 Å². The maximum Gasteiger partial charge on any atom is 0.113 e. The van der Waals surface area contributed by atoms with Gasteiger partial charge in [-0.15, -0.1) is 0 Å². The summed E-state index contributed by atoms with van der Waals surface area (Å²) in [6.07, 6.45) is 8.31. The molecule has 0 aromatic heterocycles. The topological polar surface area (TPSA) is 21.3 Å². The van der Waals surface area contributed by atoms with E-state index in [9.17, 15) is 0 Å². The van der Waals surface area contributed by atoms with Gasteiger partial charge in [0.05, 0.1) is 12.6 Å². The molecule has 1 aliphatic carbocycles. The fourth-order valence-corrected chi connectivity index (χ4v) is 3.02. The van der Waals surface area contributed by atoms with Crippen molar-refractivity contribution in [2.24, 2.45) is 0 Å². The number of rotatable bonds is 3. The van der Waals surface area contributed by atoms with E-state index >= 15 is 0 Å². The molecular weight excluding hydrogens is 222 g/mol. The van der Waals surface area contributed by atoms with Crippen LogP contribution in [0, 0.1) is 0 Å². The summed E-state index contributed by atoms with van der Waals surface area (Å²) in [6, 6.07) is 7.13. The number of benzene rings is 1. The maximum absolute atomic E-state index is 5.80. The number of allylic oxidation sites excluding steroid dienone is 1. The number of hydrogen-bond acceptors (Lipinski definition) is 2. The molecule has 3 rings (SSSR count). The van der Waals surface area contributed by atoms with Crippen LogP contribution in [0.2, 0.25) is 0 Å². The van der Waals surface area contributed by atoms with Crippen molar-refractivity contribution < 1.29 is 4.74 Å². The number of likely N-dealkylation sites (N-methyl/N-ethyl adjacent to an activating group) is 1. The van der Waals surface area contributed by atoms with Crippen molar-refractivity contribution in [2.45, 2.75) is 38.1 Å². The van der Waals surface area contributed by atoms with Gasteiger partial charge in [-0.3, -0.25) is 0 Å². The minimum absolute atomic E-state index is 0.219. The van der Waals surface area contributed by atoms with E-state index in [1.165, 1.54) is 36.0 Å². The SMILES string of the molecule is CNC(C1=CCCCO1)c1ccc2c(c1)CCC2. The first kappa shape index (κ1) is 11.8. The second kappa shape index (κ2) is 5.15. The Morgan fingerprint density at radius 2 is 2.06 bits per heavy atom. The van der Waals surface area contributed by atoms with Gasteiger partial charge in [0.25, 0.3) is 0 Å². The normalized spacial score (nSPS) is 19.9. The van der Waals surface area contributed by atoms with Crippen LogP contribution in [-0.2, 0) is 17.6 Å². The third-order valence-corrected chi connectivity index (χ3v) is 3.99. The first-order valence-electron chi connectivity index (χ1n) is 7.00. The molecule has 1 N–H and O–H groups in total. The Balaban J connectivity index is 1.89. The van der Waals surface area contributed by atoms with E-state index in [0.717, 1.165) is 25.2 Å². The van der Waals surface area contributed by atoms with Crippen LogP contribution in [0.1, 0.15) is 42.0 Å². The molecule has 18 heavy (non-hydrogen) atoms. The van der Waals surface area contributed by atoms with Gasteiger partial charge in [-0.05, 0) is 61.9 Å². The fraction of sp³-hybridized carbons (Fsp3) is 0.500. The van der Waals surface area contributed by atoms with Crippen LogP contribution < -0.4 is 5.32 Å². The lowest BCUT2D eigenvalue weighted by Crippen LogP contribution is -2.22. The van der Waals surface area contributed by atoms with E-state index in [1.54, 1.807) is 0 Å². The Hall–Kier alpha value is -1.28. The van der Waals surface area contributed by atoms with Crippen molar-refractivity contribution in [1.82, 2.24) is 5.32 Å². The van der Waals surface area contributed by atoms with Crippen LogP contribution in [0.5, 0.6) is 0 Å². The summed E-state index contributed by atoms with van der Waals surface area (Å²) in [6.45, 7) is 0.856. The number of nitrogens with one attached hydrogen (secondary N) is 1. The summed E-state index contributed by atoms with van der Waals surface area (Å²) in [5, 5.41) is 3.39. The number of fused-ring (bicyclic) bond motifs is 1. The third-order valence-electron chi connectivity index (χ3n) is 3.99. The molecule has 1 atom stereocenters. The van der Waals surface area contributed by atoms with Gasteiger partial charge in [0.1, 0.15) is 5.76 Å². The van der Waals surface area contributed by atoms with Crippen molar-refractivity contribution >= 4 is 0 Å². The molecule has 2 aliphatic rings. The highest BCUT2D eigenvalue weighted by atomic mass is 16.5. The van der Waals surface area contributed by atoms with Crippen LogP contribution in [0.4, 0.5) is 0 Å². The van der Waals surface area contributed by atoms with Crippen LogP contribution in [0.15, 0.2) is 30.0 Å². The summed E-state index contributed by atoms with van der Waals surface area (Å²) < 4.78 is 5.80. The molecule has 1 aromatic rings. The number of aryl methyl sites for hydroxylation is 2. The number of hydrogen-bond donors (Lipinski definition) is 1. The molecule has 1 heterocycles. The molecule has 1 unspecified atom stereocenters. The van der Waals surface area contributed by atoms with Gasteiger partial charge in [-0.1, -0.05) is 18.2 Å². The Kier molecular flexibility index (Phi) is 3.37. The molecule has 1 aliphatic heterocycles. The van der Waals surface area contributed by atoms with Gasteiger partial charge in [-0.25, -0.2) is 0 Å². The van der Waals surface area contributed by atoms with Crippen molar-refractivity contribution in [2.75, 3.05) is 13.7 Å². The van der Waals surface area contributed by atoms with Crippen molar-refractivity contribution in [3.05, 3.63) is 46.7 Å². The quantitative estimate of drug-likeness (QED) is 0.880. The van der Waals surface area contributed by atoms with Gasteiger partial charge >= 0.3 is 0 Å². The lowest BCUT2D eigenvalue weighted by molar-refractivity contribution is 0.169. The summed E-state index contributed by atoms with van der Waals surface area (Å²) in [5.74, 6) is 1.10. The second-order valence-electron chi connectivity index (χ2n) is 5.20. The molecule has 0 bridgehead atoms. The molecule has 0 saturated carbocycles. The van der Waals surface area contributed by atoms with Crippen LogP contribution >= 0.6 is 0 Å². The number of ether oxygens (including phenoxy) is 1. The predicted octanol–water partition coefficient (Wildman–Crippen LogP) is 3.13. The van der Waals surface area contributed by atoms with E-state index in [0.29, 0.717) is 0 Å². The molecule has 0 fully saturated rings. The molecule has 0 radical (unpaired) electrons. The molecule has 2 heteroatoms. The predicted molar refractivity (Wildman–Crippen MR) is 73.5 cm³/mol. The molecule has 0 saturated heterocycles. The first-order chi connectivity index (χ1) is 8.88. The van der Waals surface area contributed by atoms with E-state index in [4.69, 9.17) is 4.74 Å². The minimum Gasteiger partial charge on any atom is -0.496 e. The Morgan fingerprint density at radius 1 is 1.17 bits per heavy atom. The van der Waals surface area contributed by atoms with Crippen LogP contribution in [0.25, 0.3) is 0 Å². The maximum atomic E-state index is 5.80. The Bertz CT molecular complexity index is 464. The molecule has 0 spiro atoms. The summed E-state index contributed by atoms with van der Waals surface area (Å²) in [7, 11) is 2.01. The molecular formula is C16H21NO. The lowest BCUT2D eigenvalue weighted by Gasteiger charge is -2.24. The van der Waals surface area contributed by atoms with E-state index in [1.807, 2.05) is 7.05 Å². The average molecular weight is 243 g/mol. The van der Waals surface area contributed by atoms with Crippen molar-refractivity contribution in [3.63, 3.8) is 0 Å². The zero-order valence-corrected chi connectivity index (χ0v) is 11.0. The van der Waals surface area contributed by atoms with E-state index in [2.05, 4.69) is 29.6 Å². The van der Waals surface area contributed by atoms with Crippen LogP contribution in [0.3, 0.4) is 0 Å². The molecule has 96 valence electrons. The lowest BCUT2D eigenvalue weighted by atomic mass is 9.98. The third kappa shape index (κ3) is 2.17. The first-order valence-corrected chi connectivity index (χ1v) is 7.00. The van der Waals surface area contributed by atoms with Gasteiger partial charge < -0.3 is 10.1 Å². The highest BCUT2D eigenvalue weighted by molar-refractivity contribution is 5.38. The van der Waals surface area contributed by atoms with Gasteiger partial charge in [0, 0.05) is 0 Å². The average Bonchev–Trinajstić information content (AvgIpc) is 2.88. The zero-order chi connectivity index (χ0) is 12.4. The van der Waals surface area contributed by atoms with E-state index in [-0.39, 0.29) is 6.04 Å². The van der Waals surface area contributed by atoms with Crippen molar-refractivity contribution in [3.8, 4) is 0 Å². The summed E-state index contributed by atoms with van der Waals surface area (Å²) in [4.78, 5) is 0. The monoisotopic (exact) mass is 243 g/mol. The second-order valence-corrected chi connectivity index (χ2v) is 5.20. The smallest absolute Gasteiger partial charge is 0.113 e. The van der Waals surface area contributed by atoms with Gasteiger partial charge in [-0.2, -0.15) is 0 Å². The molecule has 1 aromatic carbocycles. The Morgan fingerprint density at radius 3 is 2.83 bits per heavy atom. The summed E-state index contributed by atoms with van der Waals surface area (Å²) in [5.41, 5.74) is 4.41. The zero-order valence-electron chi connectivity index (χ0n) is 11.0. The fourth-order valence-electron chi connectivity index (χ4n) is 3.02. The van der Waals surface area contributed by atoms with E-state index < -0.39 is 0 Å². The van der Waals surface area contributed by atoms with Crippen molar-refractivity contribution in [1.29, 1.82) is 0 Å². The summed E-state index contributed by atoms with van der Waals surface area (Å²) >= 11 is 0. The standard InChI is InChI=1S/C16H21NO/c1-17-16(15-7-2-3-10-18-15)14-9-8-12-5-4-6-13(12)11-14/h7-9,11,16-17H,2-6,10H2,1H3. The highest BCUT2D eigenvalue weighted by Gasteiger charge is 2.20. The molecule has 0 amide bonds. The minimum atomic E-state index is 0.219. The highest BCUT2D eigenvalue weighted by Crippen LogP contribution is 2.30. The van der Waals surface area contributed by atoms with Gasteiger partial charge in [0.2, 0.25) is 0 Å². The molecule has 2 nitrogen and oxygen atoms in total. The largest absolute Gasteiger partial charge is 0.496 e. The van der Waals surface area contributed by atoms with Gasteiger partial charge in [0.15, 0.2) is 0 Å². The van der Waals surface area contributed by atoms with Crippen LogP contribution in [-0.4, -0.2) is 13.7 Å².